The smallest absolute Gasteiger partial charge is 0.258 e. The molecule has 0 unspecified atom stereocenters. The number of hydrogen-bond acceptors (Lipinski definition) is 1. The summed E-state index contributed by atoms with van der Waals surface area (Å²) in [6.07, 6.45) is 0.786. The van der Waals surface area contributed by atoms with Crippen molar-refractivity contribution in [3.63, 3.8) is 0 Å². The van der Waals surface area contributed by atoms with Gasteiger partial charge < -0.3 is 4.90 Å². The molecular formula is C25H24FNO. The van der Waals surface area contributed by atoms with E-state index < -0.39 is 5.54 Å². The molecule has 4 rings (SSSR count). The highest BCUT2D eigenvalue weighted by molar-refractivity contribution is 6.08. The van der Waals surface area contributed by atoms with Gasteiger partial charge in [-0.1, -0.05) is 55.5 Å². The molecule has 3 aromatic carbocycles. The highest BCUT2D eigenvalue weighted by Crippen LogP contribution is 2.50. The number of nitrogens with zero attached hydrogens (tertiary/aromatic N) is 1. The van der Waals surface area contributed by atoms with Gasteiger partial charge in [-0.2, -0.15) is 0 Å². The summed E-state index contributed by atoms with van der Waals surface area (Å²) in [6, 6.07) is 24.4. The topological polar surface area (TPSA) is 20.3 Å². The van der Waals surface area contributed by atoms with E-state index in [-0.39, 0.29) is 17.1 Å². The highest BCUT2D eigenvalue weighted by atomic mass is 19.1. The maximum Gasteiger partial charge on any atom is 0.258 e. The Morgan fingerprint density at radius 2 is 1.46 bits per heavy atom. The predicted molar refractivity (Wildman–Crippen MR) is 111 cm³/mol. The van der Waals surface area contributed by atoms with Crippen LogP contribution in [0.5, 0.6) is 0 Å². The summed E-state index contributed by atoms with van der Waals surface area (Å²) in [5, 5.41) is 0. The molecular weight excluding hydrogens is 349 g/mol. The van der Waals surface area contributed by atoms with Crippen molar-refractivity contribution >= 4 is 11.6 Å². The van der Waals surface area contributed by atoms with Gasteiger partial charge in [-0.05, 0) is 61.7 Å². The van der Waals surface area contributed by atoms with Crippen molar-refractivity contribution in [1.29, 1.82) is 0 Å². The molecule has 0 fully saturated rings. The summed E-state index contributed by atoms with van der Waals surface area (Å²) in [5.74, 6) is -0.445. The Morgan fingerprint density at radius 3 is 2.14 bits per heavy atom. The lowest BCUT2D eigenvalue weighted by atomic mass is 9.65. The first-order valence-corrected chi connectivity index (χ1v) is 9.58. The fourth-order valence-electron chi connectivity index (χ4n) is 4.67. The monoisotopic (exact) mass is 373 g/mol. The molecule has 1 heterocycles. The van der Waals surface area contributed by atoms with Crippen LogP contribution in [0.3, 0.4) is 0 Å². The first kappa shape index (κ1) is 18.4. The van der Waals surface area contributed by atoms with Crippen molar-refractivity contribution in [3.05, 3.63) is 101 Å². The zero-order valence-corrected chi connectivity index (χ0v) is 16.4. The van der Waals surface area contributed by atoms with Crippen molar-refractivity contribution in [2.24, 2.45) is 0 Å². The van der Waals surface area contributed by atoms with E-state index in [0.717, 1.165) is 17.7 Å². The lowest BCUT2D eigenvalue weighted by Crippen LogP contribution is -2.55. The fraction of sp³-hybridized carbons (Fsp3) is 0.240. The molecule has 142 valence electrons. The van der Waals surface area contributed by atoms with Crippen molar-refractivity contribution in [3.8, 4) is 0 Å². The Labute approximate surface area is 165 Å². The molecule has 3 heteroatoms. The number of carbonyl (C=O) groups is 1. The van der Waals surface area contributed by atoms with Crippen LogP contribution in [0, 0.1) is 5.82 Å². The number of carbonyl (C=O) groups excluding carboxylic acids is 1. The highest BCUT2D eigenvalue weighted by Gasteiger charge is 2.47. The molecule has 3 aromatic rings. The van der Waals surface area contributed by atoms with E-state index in [2.05, 4.69) is 51.1 Å². The van der Waals surface area contributed by atoms with E-state index in [1.165, 1.54) is 17.7 Å². The van der Waals surface area contributed by atoms with Crippen LogP contribution in [0.25, 0.3) is 0 Å². The number of halogens is 1. The molecule has 0 N–H and O–H groups in total. The van der Waals surface area contributed by atoms with Gasteiger partial charge in [0.15, 0.2) is 0 Å². The molecule has 28 heavy (non-hydrogen) atoms. The lowest BCUT2D eigenvalue weighted by Gasteiger charge is -2.51. The van der Waals surface area contributed by atoms with Gasteiger partial charge in [-0.3, -0.25) is 4.79 Å². The van der Waals surface area contributed by atoms with Crippen molar-refractivity contribution < 1.29 is 9.18 Å². The summed E-state index contributed by atoms with van der Waals surface area (Å²) >= 11 is 0. The largest absolute Gasteiger partial charge is 0.302 e. The van der Waals surface area contributed by atoms with Gasteiger partial charge in [0.05, 0.1) is 0 Å². The molecule has 1 amide bonds. The van der Waals surface area contributed by atoms with Crippen molar-refractivity contribution in [2.75, 3.05) is 4.90 Å². The number of hydrogen-bond donors (Lipinski definition) is 0. The maximum atomic E-state index is 13.4. The zero-order chi connectivity index (χ0) is 19.9. The van der Waals surface area contributed by atoms with Crippen LogP contribution >= 0.6 is 0 Å². The van der Waals surface area contributed by atoms with Crippen molar-refractivity contribution in [1.82, 2.24) is 0 Å². The lowest BCUT2D eigenvalue weighted by molar-refractivity contribution is 0.0948. The number of para-hydroxylation sites is 1. The van der Waals surface area contributed by atoms with E-state index in [1.807, 2.05) is 29.2 Å². The van der Waals surface area contributed by atoms with Gasteiger partial charge in [-0.15, -0.1) is 0 Å². The van der Waals surface area contributed by atoms with Crippen LogP contribution in [-0.4, -0.2) is 11.4 Å². The summed E-state index contributed by atoms with van der Waals surface area (Å²) in [4.78, 5) is 15.3. The minimum atomic E-state index is -0.412. The van der Waals surface area contributed by atoms with E-state index in [9.17, 15) is 9.18 Å². The van der Waals surface area contributed by atoms with Gasteiger partial charge >= 0.3 is 0 Å². The Balaban J connectivity index is 1.88. The maximum absolute atomic E-state index is 13.4. The Morgan fingerprint density at radius 1 is 0.857 bits per heavy atom. The average molecular weight is 373 g/mol. The van der Waals surface area contributed by atoms with Crippen LogP contribution in [0.2, 0.25) is 0 Å². The second kappa shape index (κ2) is 6.59. The normalized spacial score (nSPS) is 20.5. The molecule has 0 aromatic heterocycles. The quantitative estimate of drug-likeness (QED) is 0.543. The van der Waals surface area contributed by atoms with Gasteiger partial charge in [-0.25, -0.2) is 4.39 Å². The molecule has 1 atom stereocenters. The van der Waals surface area contributed by atoms with Crippen LogP contribution in [0.4, 0.5) is 10.1 Å². The predicted octanol–water partition coefficient (Wildman–Crippen LogP) is 5.96. The molecule has 0 saturated heterocycles. The number of anilines is 1. The SMILES string of the molecule is CC1(C)C[C@@](C)(c2ccccc2)c2ccccc2N1C(=O)c1ccc(F)cc1. The summed E-state index contributed by atoms with van der Waals surface area (Å²) < 4.78 is 13.3. The Kier molecular flexibility index (Phi) is 4.34. The van der Waals surface area contributed by atoms with E-state index >= 15 is 0 Å². The van der Waals surface area contributed by atoms with E-state index in [0.29, 0.717) is 5.56 Å². The van der Waals surface area contributed by atoms with Gasteiger partial charge in [0.2, 0.25) is 0 Å². The first-order valence-electron chi connectivity index (χ1n) is 9.58. The molecule has 2 nitrogen and oxygen atoms in total. The fourth-order valence-corrected chi connectivity index (χ4v) is 4.67. The first-order chi connectivity index (χ1) is 13.3. The summed E-state index contributed by atoms with van der Waals surface area (Å²) in [6.45, 7) is 6.46. The third kappa shape index (κ3) is 2.91. The summed E-state index contributed by atoms with van der Waals surface area (Å²) in [7, 11) is 0. The molecule has 0 aliphatic carbocycles. The van der Waals surface area contributed by atoms with E-state index in [4.69, 9.17) is 0 Å². The second-order valence-corrected chi connectivity index (χ2v) is 8.35. The molecule has 0 bridgehead atoms. The molecule has 1 aliphatic rings. The number of benzene rings is 3. The third-order valence-electron chi connectivity index (χ3n) is 5.84. The summed E-state index contributed by atoms with van der Waals surface area (Å²) in [5.41, 5.74) is 3.16. The average Bonchev–Trinajstić information content (AvgIpc) is 2.68. The molecule has 0 radical (unpaired) electrons. The van der Waals surface area contributed by atoms with Gasteiger partial charge in [0, 0.05) is 22.2 Å². The van der Waals surface area contributed by atoms with Crippen LogP contribution < -0.4 is 4.90 Å². The Bertz CT molecular complexity index is 1010. The van der Waals surface area contributed by atoms with Crippen LogP contribution in [-0.2, 0) is 5.41 Å². The number of amides is 1. The Hall–Kier alpha value is -2.94. The zero-order valence-electron chi connectivity index (χ0n) is 16.4. The van der Waals surface area contributed by atoms with Crippen LogP contribution in [0.15, 0.2) is 78.9 Å². The van der Waals surface area contributed by atoms with Crippen LogP contribution in [0.1, 0.15) is 48.7 Å². The van der Waals surface area contributed by atoms with Crippen molar-refractivity contribution in [2.45, 2.75) is 38.1 Å². The standard InChI is InChI=1S/C25H24FNO/c1-24(2)17-25(3,19-9-5-4-6-10-19)21-11-7-8-12-22(21)27(24)23(28)18-13-15-20(26)16-14-18/h4-16H,17H2,1-3H3/t25-/m0/s1. The number of fused-ring (bicyclic) bond motifs is 1. The van der Waals surface area contributed by atoms with E-state index in [1.54, 1.807) is 12.1 Å². The molecule has 0 spiro atoms. The molecule has 0 saturated carbocycles. The minimum Gasteiger partial charge on any atom is -0.302 e. The third-order valence-corrected chi connectivity index (χ3v) is 5.84. The van der Waals surface area contributed by atoms with Gasteiger partial charge in [0.25, 0.3) is 5.91 Å². The second-order valence-electron chi connectivity index (χ2n) is 8.35. The molecule has 1 aliphatic heterocycles. The minimum absolute atomic E-state index is 0.104. The van der Waals surface area contributed by atoms with Gasteiger partial charge in [0.1, 0.15) is 5.82 Å². The number of rotatable bonds is 2.